The van der Waals surface area contributed by atoms with Gasteiger partial charge in [-0.15, -0.1) is 0 Å². The fourth-order valence-electron chi connectivity index (χ4n) is 2.88. The van der Waals surface area contributed by atoms with Crippen molar-refractivity contribution in [2.24, 2.45) is 11.5 Å². The Hall–Kier alpha value is -3.17. The Bertz CT molecular complexity index is 837. The minimum Gasteiger partial charge on any atom is -0.481 e. The van der Waals surface area contributed by atoms with Crippen LogP contribution in [-0.4, -0.2) is 86.3 Å². The van der Waals surface area contributed by atoms with E-state index in [9.17, 15) is 29.1 Å². The number of aromatic amines is 1. The lowest BCUT2D eigenvalue weighted by atomic mass is 10.1. The lowest BCUT2D eigenvalue weighted by molar-refractivity contribution is -0.142. The van der Waals surface area contributed by atoms with Gasteiger partial charge in [0.2, 0.25) is 17.7 Å². The topological polar surface area (TPSA) is 243 Å². The molecule has 1 aromatic heterocycles. The highest BCUT2D eigenvalue weighted by atomic mass is 32.1. The Morgan fingerprint density at radius 1 is 1.00 bits per heavy atom. The molecule has 0 fully saturated rings. The smallest absolute Gasteiger partial charge is 0.327 e. The van der Waals surface area contributed by atoms with Crippen molar-refractivity contribution in [2.45, 2.75) is 56.3 Å². The van der Waals surface area contributed by atoms with Crippen LogP contribution in [0.5, 0.6) is 0 Å². The van der Waals surface area contributed by atoms with Gasteiger partial charge in [-0.25, -0.2) is 9.78 Å². The zero-order chi connectivity index (χ0) is 25.7. The number of unbranched alkanes of at least 4 members (excludes halogenated alkanes) is 1. The second-order valence-corrected chi connectivity index (χ2v) is 7.84. The fraction of sp³-hybridized carbons (Fsp3) is 0.579. The highest BCUT2D eigenvalue weighted by Crippen LogP contribution is 2.05. The van der Waals surface area contributed by atoms with Gasteiger partial charge >= 0.3 is 11.9 Å². The maximum atomic E-state index is 12.8. The monoisotopic (exact) mass is 501 g/mol. The molecule has 0 aliphatic heterocycles. The number of rotatable bonds is 16. The average molecular weight is 502 g/mol. The summed E-state index contributed by atoms with van der Waals surface area (Å²) in [4.78, 5) is 66.9. The van der Waals surface area contributed by atoms with Gasteiger partial charge in [0.1, 0.15) is 18.1 Å². The van der Waals surface area contributed by atoms with Crippen molar-refractivity contribution >= 4 is 42.3 Å². The van der Waals surface area contributed by atoms with Crippen molar-refractivity contribution in [1.82, 2.24) is 25.9 Å². The lowest BCUT2D eigenvalue weighted by Gasteiger charge is -2.24. The number of thiol groups is 1. The van der Waals surface area contributed by atoms with E-state index < -0.39 is 60.2 Å². The van der Waals surface area contributed by atoms with Gasteiger partial charge in [0, 0.05) is 24.1 Å². The standard InChI is InChI=1S/C19H31N7O7S/c20-4-2-1-3-12(17(30)26-14(8-34)19(32)33)24-18(31)13(6-15(27)28)25-16(29)11(21)5-10-7-22-9-23-10/h7,9,11-14,34H,1-6,8,20-21H2,(H,22,23)(H,24,31)(H,25,29)(H,26,30)(H,27,28)(H,32,33). The molecule has 34 heavy (non-hydrogen) atoms. The van der Waals surface area contributed by atoms with Gasteiger partial charge in [0.25, 0.3) is 0 Å². The third kappa shape index (κ3) is 10.2. The summed E-state index contributed by atoms with van der Waals surface area (Å²) in [5, 5.41) is 25.3. The molecule has 190 valence electrons. The SMILES string of the molecule is NCCCCC(NC(=O)C(CC(=O)O)NC(=O)C(N)Cc1cnc[nH]1)C(=O)NC(CS)C(=O)O. The first-order valence-electron chi connectivity index (χ1n) is 10.5. The molecular formula is C19H31N7O7S. The molecule has 0 saturated heterocycles. The van der Waals surface area contributed by atoms with E-state index in [0.717, 1.165) is 0 Å². The van der Waals surface area contributed by atoms with Gasteiger partial charge in [-0.3, -0.25) is 19.2 Å². The molecule has 3 amide bonds. The summed E-state index contributed by atoms with van der Waals surface area (Å²) in [6, 6.07) is -5.10. The molecule has 0 saturated carbocycles. The maximum Gasteiger partial charge on any atom is 0.327 e. The molecule has 0 radical (unpaired) electrons. The number of carboxylic acid groups (broad SMARTS) is 2. The summed E-state index contributed by atoms with van der Waals surface area (Å²) >= 11 is 3.88. The molecule has 15 heteroatoms. The van der Waals surface area contributed by atoms with Crippen molar-refractivity contribution in [3.8, 4) is 0 Å². The van der Waals surface area contributed by atoms with Crippen LogP contribution in [0.25, 0.3) is 0 Å². The number of carbonyl (C=O) groups excluding carboxylic acids is 3. The van der Waals surface area contributed by atoms with Crippen molar-refractivity contribution in [3.05, 3.63) is 18.2 Å². The maximum absolute atomic E-state index is 12.8. The number of aromatic nitrogens is 2. The second-order valence-electron chi connectivity index (χ2n) is 7.47. The van der Waals surface area contributed by atoms with E-state index >= 15 is 0 Å². The largest absolute Gasteiger partial charge is 0.481 e. The van der Waals surface area contributed by atoms with Crippen LogP contribution >= 0.6 is 12.6 Å². The molecule has 4 unspecified atom stereocenters. The number of carboxylic acids is 2. The highest BCUT2D eigenvalue weighted by Gasteiger charge is 2.31. The molecule has 1 heterocycles. The first-order valence-corrected chi connectivity index (χ1v) is 11.1. The van der Waals surface area contributed by atoms with Crippen molar-refractivity contribution in [2.75, 3.05) is 12.3 Å². The van der Waals surface area contributed by atoms with Crippen molar-refractivity contribution in [1.29, 1.82) is 0 Å². The van der Waals surface area contributed by atoms with E-state index in [1.165, 1.54) is 12.5 Å². The van der Waals surface area contributed by atoms with Gasteiger partial charge in [-0.1, -0.05) is 0 Å². The summed E-state index contributed by atoms with van der Waals surface area (Å²) < 4.78 is 0. The third-order valence-corrected chi connectivity index (χ3v) is 5.09. The van der Waals surface area contributed by atoms with Crippen LogP contribution in [0.1, 0.15) is 31.4 Å². The molecule has 4 atom stereocenters. The normalized spacial score (nSPS) is 14.3. The zero-order valence-electron chi connectivity index (χ0n) is 18.4. The number of hydrogen-bond donors (Lipinski definition) is 9. The predicted octanol–water partition coefficient (Wildman–Crippen LogP) is -2.65. The van der Waals surface area contributed by atoms with Crippen LogP contribution < -0.4 is 27.4 Å². The summed E-state index contributed by atoms with van der Waals surface area (Å²) in [7, 11) is 0. The fourth-order valence-corrected chi connectivity index (χ4v) is 3.13. The molecule has 0 aliphatic carbocycles. The number of imidazole rings is 1. The zero-order valence-corrected chi connectivity index (χ0v) is 19.3. The number of carbonyl (C=O) groups is 5. The number of amides is 3. The first-order chi connectivity index (χ1) is 16.1. The Labute approximate surface area is 201 Å². The number of nitrogens with zero attached hydrogens (tertiary/aromatic N) is 1. The van der Waals surface area contributed by atoms with E-state index in [1.54, 1.807) is 0 Å². The van der Waals surface area contributed by atoms with Crippen LogP contribution in [0.2, 0.25) is 0 Å². The molecule has 1 aromatic rings. The summed E-state index contributed by atoms with van der Waals surface area (Å²) in [5.74, 6) is -5.36. The minimum absolute atomic E-state index is 0.0671. The van der Waals surface area contributed by atoms with Gasteiger partial charge in [0.05, 0.1) is 18.8 Å². The summed E-state index contributed by atoms with van der Waals surface area (Å²) in [5.41, 5.74) is 11.9. The highest BCUT2D eigenvalue weighted by molar-refractivity contribution is 7.80. The number of nitrogens with two attached hydrogens (primary N) is 2. The molecule has 10 N–H and O–H groups in total. The number of aliphatic carboxylic acids is 2. The van der Waals surface area contributed by atoms with Crippen LogP contribution in [-0.2, 0) is 30.4 Å². The van der Waals surface area contributed by atoms with Crippen molar-refractivity contribution in [3.63, 3.8) is 0 Å². The Morgan fingerprint density at radius 2 is 1.62 bits per heavy atom. The summed E-state index contributed by atoms with van der Waals surface area (Å²) in [6.45, 7) is 0.336. The Balaban J connectivity index is 2.91. The Kier molecular flexibility index (Phi) is 12.6. The molecule has 14 nitrogen and oxygen atoms in total. The molecule has 0 bridgehead atoms. The van der Waals surface area contributed by atoms with Gasteiger partial charge in [-0.2, -0.15) is 12.6 Å². The van der Waals surface area contributed by atoms with Crippen molar-refractivity contribution < 1.29 is 34.2 Å². The number of hydrogen-bond acceptors (Lipinski definition) is 9. The van der Waals surface area contributed by atoms with Crippen LogP contribution in [0.3, 0.4) is 0 Å². The Morgan fingerprint density at radius 3 is 2.15 bits per heavy atom. The summed E-state index contributed by atoms with van der Waals surface area (Å²) in [6.07, 6.45) is 3.25. The number of nitrogens with one attached hydrogen (secondary N) is 4. The molecular weight excluding hydrogens is 470 g/mol. The van der Waals surface area contributed by atoms with Gasteiger partial charge in [0.15, 0.2) is 0 Å². The van der Waals surface area contributed by atoms with Crippen LogP contribution in [0, 0.1) is 0 Å². The van der Waals surface area contributed by atoms with E-state index in [0.29, 0.717) is 25.1 Å². The minimum atomic E-state index is -1.53. The third-order valence-electron chi connectivity index (χ3n) is 4.72. The molecule has 0 aliphatic rings. The van der Waals surface area contributed by atoms with E-state index in [2.05, 4.69) is 38.5 Å². The lowest BCUT2D eigenvalue weighted by Crippen LogP contribution is -2.57. The first kappa shape index (κ1) is 28.9. The van der Waals surface area contributed by atoms with Gasteiger partial charge in [-0.05, 0) is 25.8 Å². The van der Waals surface area contributed by atoms with Gasteiger partial charge < -0.3 is 42.6 Å². The number of H-pyrrole nitrogens is 1. The second kappa shape index (κ2) is 14.9. The van der Waals surface area contributed by atoms with Crippen LogP contribution in [0.15, 0.2) is 12.5 Å². The molecule has 1 rings (SSSR count). The van der Waals surface area contributed by atoms with Crippen LogP contribution in [0.4, 0.5) is 0 Å². The molecule has 0 spiro atoms. The molecule has 0 aromatic carbocycles. The van der Waals surface area contributed by atoms with E-state index in [4.69, 9.17) is 16.6 Å². The predicted molar refractivity (Wildman–Crippen MR) is 123 cm³/mol. The van der Waals surface area contributed by atoms with E-state index in [-0.39, 0.29) is 18.6 Å². The van der Waals surface area contributed by atoms with E-state index in [1.807, 2.05) is 0 Å². The average Bonchev–Trinajstić information content (AvgIpc) is 3.28. The quantitative estimate of drug-likeness (QED) is 0.0841.